The van der Waals surface area contributed by atoms with Gasteiger partial charge in [-0.05, 0) is 52.3 Å². The van der Waals surface area contributed by atoms with Crippen LogP contribution < -0.4 is 15.5 Å². The Kier molecular flexibility index (Phi) is 5.80. The van der Waals surface area contributed by atoms with Crippen LogP contribution in [0.3, 0.4) is 0 Å². The summed E-state index contributed by atoms with van der Waals surface area (Å²) in [5.74, 6) is 0.950. The van der Waals surface area contributed by atoms with Gasteiger partial charge in [-0.25, -0.2) is 9.78 Å². The highest BCUT2D eigenvalue weighted by Gasteiger charge is 2.13. The van der Waals surface area contributed by atoms with Crippen molar-refractivity contribution in [1.29, 1.82) is 0 Å². The Morgan fingerprint density at radius 3 is 2.50 bits per heavy atom. The molecule has 0 unspecified atom stereocenters. The lowest BCUT2D eigenvalue weighted by Crippen LogP contribution is -2.46. The van der Waals surface area contributed by atoms with E-state index in [0.717, 1.165) is 24.5 Å². The number of rotatable bonds is 5. The summed E-state index contributed by atoms with van der Waals surface area (Å²) in [4.78, 5) is 18.3. The van der Waals surface area contributed by atoms with Crippen LogP contribution in [0.1, 0.15) is 40.2 Å². The molecule has 0 bridgehead atoms. The van der Waals surface area contributed by atoms with Crippen molar-refractivity contribution in [3.05, 3.63) is 23.9 Å². The van der Waals surface area contributed by atoms with Gasteiger partial charge >= 0.3 is 6.03 Å². The lowest BCUT2D eigenvalue weighted by Gasteiger charge is -2.21. The molecule has 0 saturated carbocycles. The molecule has 1 heterocycles. The van der Waals surface area contributed by atoms with Crippen LogP contribution in [0.5, 0.6) is 0 Å². The number of nitrogens with zero attached hydrogens (tertiary/aromatic N) is 2. The van der Waals surface area contributed by atoms with Crippen LogP contribution in [0.25, 0.3) is 0 Å². The molecule has 0 fully saturated rings. The van der Waals surface area contributed by atoms with Crippen molar-refractivity contribution in [2.75, 3.05) is 18.0 Å². The maximum absolute atomic E-state index is 11.7. The van der Waals surface area contributed by atoms with Crippen LogP contribution in [0.4, 0.5) is 10.6 Å². The highest BCUT2D eigenvalue weighted by molar-refractivity contribution is 5.74. The number of amides is 2. The average Bonchev–Trinajstić information content (AvgIpc) is 2.36. The van der Waals surface area contributed by atoms with Gasteiger partial charge in [0.2, 0.25) is 0 Å². The predicted molar refractivity (Wildman–Crippen MR) is 82.9 cm³/mol. The van der Waals surface area contributed by atoms with E-state index in [1.807, 2.05) is 32.9 Å². The first-order valence-electron chi connectivity index (χ1n) is 7.11. The minimum absolute atomic E-state index is 0.154. The van der Waals surface area contributed by atoms with Crippen LogP contribution in [0, 0.1) is 0 Å². The summed E-state index contributed by atoms with van der Waals surface area (Å²) in [6.07, 6.45) is 1.78. The van der Waals surface area contributed by atoms with E-state index in [0.29, 0.717) is 6.54 Å². The molecule has 112 valence electrons. The van der Waals surface area contributed by atoms with Crippen molar-refractivity contribution in [2.24, 2.45) is 0 Å². The fourth-order valence-corrected chi connectivity index (χ4v) is 1.86. The highest BCUT2D eigenvalue weighted by Crippen LogP contribution is 2.12. The number of pyridine rings is 1. The van der Waals surface area contributed by atoms with Gasteiger partial charge in [0.15, 0.2) is 0 Å². The lowest BCUT2D eigenvalue weighted by atomic mass is 10.1. The van der Waals surface area contributed by atoms with E-state index in [9.17, 15) is 4.79 Å². The second kappa shape index (κ2) is 7.12. The van der Waals surface area contributed by atoms with Crippen molar-refractivity contribution < 1.29 is 4.79 Å². The standard InChI is InChI=1S/C15H26N4O/c1-6-19(7-2)13-10-12(8-9-16-13)11-17-14(20)18-15(3,4)5/h8-10H,6-7,11H2,1-5H3,(H2,17,18,20). The van der Waals surface area contributed by atoms with Gasteiger partial charge in [-0.15, -0.1) is 0 Å². The number of hydrogen-bond acceptors (Lipinski definition) is 3. The molecule has 1 aromatic heterocycles. The molecule has 0 radical (unpaired) electrons. The lowest BCUT2D eigenvalue weighted by molar-refractivity contribution is 0.231. The Morgan fingerprint density at radius 2 is 1.95 bits per heavy atom. The van der Waals surface area contributed by atoms with Gasteiger partial charge in [-0.1, -0.05) is 0 Å². The molecule has 0 aliphatic rings. The number of hydrogen-bond donors (Lipinski definition) is 2. The van der Waals surface area contributed by atoms with E-state index < -0.39 is 0 Å². The van der Waals surface area contributed by atoms with E-state index in [-0.39, 0.29) is 11.6 Å². The zero-order chi connectivity index (χ0) is 15.2. The summed E-state index contributed by atoms with van der Waals surface area (Å²) in [6.45, 7) is 12.4. The summed E-state index contributed by atoms with van der Waals surface area (Å²) in [7, 11) is 0. The SMILES string of the molecule is CCN(CC)c1cc(CNC(=O)NC(C)(C)C)ccn1. The second-order valence-corrected chi connectivity index (χ2v) is 5.75. The van der Waals surface area contributed by atoms with Gasteiger partial charge in [0, 0.05) is 31.4 Å². The second-order valence-electron chi connectivity index (χ2n) is 5.75. The smallest absolute Gasteiger partial charge is 0.315 e. The number of anilines is 1. The van der Waals surface area contributed by atoms with Gasteiger partial charge in [0.25, 0.3) is 0 Å². The van der Waals surface area contributed by atoms with E-state index in [2.05, 4.69) is 34.4 Å². The predicted octanol–water partition coefficient (Wildman–Crippen LogP) is 2.53. The summed E-state index contributed by atoms with van der Waals surface area (Å²) in [5.41, 5.74) is 0.820. The van der Waals surface area contributed by atoms with Gasteiger partial charge < -0.3 is 15.5 Å². The maximum atomic E-state index is 11.7. The Balaban J connectivity index is 2.61. The number of aromatic nitrogens is 1. The molecule has 5 heteroatoms. The minimum Gasteiger partial charge on any atom is -0.357 e. The molecular formula is C15H26N4O. The molecular weight excluding hydrogens is 252 g/mol. The van der Waals surface area contributed by atoms with E-state index >= 15 is 0 Å². The number of carbonyl (C=O) groups excluding carboxylic acids is 1. The fourth-order valence-electron chi connectivity index (χ4n) is 1.86. The summed E-state index contributed by atoms with van der Waals surface area (Å²) < 4.78 is 0. The molecule has 20 heavy (non-hydrogen) atoms. The number of urea groups is 1. The molecule has 0 atom stereocenters. The molecule has 2 amide bonds. The molecule has 1 rings (SSSR count). The van der Waals surface area contributed by atoms with Crippen LogP contribution >= 0.6 is 0 Å². The first kappa shape index (κ1) is 16.3. The van der Waals surface area contributed by atoms with Crippen molar-refractivity contribution in [2.45, 2.75) is 46.7 Å². The molecule has 1 aromatic rings. The minimum atomic E-state index is -0.227. The van der Waals surface area contributed by atoms with Crippen molar-refractivity contribution in [3.8, 4) is 0 Å². The zero-order valence-electron chi connectivity index (χ0n) is 13.2. The number of carbonyl (C=O) groups is 1. The summed E-state index contributed by atoms with van der Waals surface area (Å²) in [6, 6.07) is 3.79. The quantitative estimate of drug-likeness (QED) is 0.870. The monoisotopic (exact) mass is 278 g/mol. The van der Waals surface area contributed by atoms with Crippen LogP contribution in [-0.2, 0) is 6.54 Å². The van der Waals surface area contributed by atoms with E-state index in [4.69, 9.17) is 0 Å². The Labute approximate surface area is 121 Å². The van der Waals surface area contributed by atoms with Gasteiger partial charge in [-0.2, -0.15) is 0 Å². The Bertz CT molecular complexity index is 436. The molecule has 0 saturated heterocycles. The third kappa shape index (κ3) is 5.47. The van der Waals surface area contributed by atoms with Crippen molar-refractivity contribution in [3.63, 3.8) is 0 Å². The third-order valence-electron chi connectivity index (χ3n) is 2.84. The van der Waals surface area contributed by atoms with Gasteiger partial charge in [0.05, 0.1) is 0 Å². The van der Waals surface area contributed by atoms with Crippen LogP contribution in [0.2, 0.25) is 0 Å². The fraction of sp³-hybridized carbons (Fsp3) is 0.600. The van der Waals surface area contributed by atoms with Gasteiger partial charge in [0.1, 0.15) is 5.82 Å². The van der Waals surface area contributed by atoms with E-state index in [1.54, 1.807) is 6.20 Å². The summed E-state index contributed by atoms with van der Waals surface area (Å²) in [5, 5.41) is 5.73. The topological polar surface area (TPSA) is 57.3 Å². The first-order valence-corrected chi connectivity index (χ1v) is 7.11. The molecule has 0 aromatic carbocycles. The van der Waals surface area contributed by atoms with Crippen molar-refractivity contribution >= 4 is 11.8 Å². The molecule has 0 aliphatic heterocycles. The average molecular weight is 278 g/mol. The van der Waals surface area contributed by atoms with E-state index in [1.165, 1.54) is 0 Å². The third-order valence-corrected chi connectivity index (χ3v) is 2.84. The molecule has 0 aliphatic carbocycles. The Hall–Kier alpha value is -1.78. The van der Waals surface area contributed by atoms with Crippen LogP contribution in [0.15, 0.2) is 18.3 Å². The molecule has 5 nitrogen and oxygen atoms in total. The maximum Gasteiger partial charge on any atom is 0.315 e. The van der Waals surface area contributed by atoms with Crippen molar-refractivity contribution in [1.82, 2.24) is 15.6 Å². The van der Waals surface area contributed by atoms with Gasteiger partial charge in [-0.3, -0.25) is 0 Å². The van der Waals surface area contributed by atoms with Crippen LogP contribution in [-0.4, -0.2) is 29.6 Å². The highest BCUT2D eigenvalue weighted by atomic mass is 16.2. The molecule has 0 spiro atoms. The number of nitrogens with one attached hydrogen (secondary N) is 2. The normalized spacial score (nSPS) is 11.1. The summed E-state index contributed by atoms with van der Waals surface area (Å²) >= 11 is 0. The zero-order valence-corrected chi connectivity index (χ0v) is 13.2. The molecule has 2 N–H and O–H groups in total. The Morgan fingerprint density at radius 1 is 1.30 bits per heavy atom. The first-order chi connectivity index (χ1) is 9.35. The largest absolute Gasteiger partial charge is 0.357 e.